The molecule has 0 bridgehead atoms. The summed E-state index contributed by atoms with van der Waals surface area (Å²) < 4.78 is 11.2. The van der Waals surface area contributed by atoms with Crippen molar-refractivity contribution in [3.8, 4) is 11.5 Å². The van der Waals surface area contributed by atoms with Crippen LogP contribution < -0.4 is 14.8 Å². The van der Waals surface area contributed by atoms with E-state index in [1.807, 2.05) is 43.3 Å². The Kier molecular flexibility index (Phi) is 5.62. The molecule has 2 atom stereocenters. The lowest BCUT2D eigenvalue weighted by atomic mass is 10.1. The van der Waals surface area contributed by atoms with Crippen LogP contribution in [0, 0.1) is 0 Å². The van der Waals surface area contributed by atoms with Gasteiger partial charge in [0, 0.05) is 18.0 Å². The normalized spacial score (nSPS) is 19.2. The van der Waals surface area contributed by atoms with E-state index in [2.05, 4.69) is 5.32 Å². The van der Waals surface area contributed by atoms with Crippen LogP contribution in [0.3, 0.4) is 0 Å². The standard InChI is InChI=1S/C22H23ClN2O4/c1-14(15-6-8-19-20(12-15)29-11-10-28-19)24-22(27)18-7-9-21(26)25(18)13-16-4-2-3-5-17(16)23/h2-6,8,12,14,18H,7,9-11,13H2,1H3,(H,24,27)/t14-,18+/m0/s1. The molecule has 0 saturated carbocycles. The van der Waals surface area contributed by atoms with Gasteiger partial charge in [-0.15, -0.1) is 0 Å². The predicted octanol–water partition coefficient (Wildman–Crippen LogP) is 3.48. The van der Waals surface area contributed by atoms with Gasteiger partial charge in [-0.2, -0.15) is 0 Å². The van der Waals surface area contributed by atoms with Gasteiger partial charge < -0.3 is 19.7 Å². The van der Waals surface area contributed by atoms with E-state index >= 15 is 0 Å². The monoisotopic (exact) mass is 414 g/mol. The predicted molar refractivity (Wildman–Crippen MR) is 109 cm³/mol. The molecule has 2 aliphatic heterocycles. The van der Waals surface area contributed by atoms with E-state index in [1.165, 1.54) is 0 Å². The van der Waals surface area contributed by atoms with Crippen molar-refractivity contribution >= 4 is 23.4 Å². The molecule has 0 aliphatic carbocycles. The minimum absolute atomic E-state index is 0.0305. The van der Waals surface area contributed by atoms with Gasteiger partial charge in [-0.3, -0.25) is 9.59 Å². The summed E-state index contributed by atoms with van der Waals surface area (Å²) in [5, 5.41) is 3.63. The Balaban J connectivity index is 1.45. The molecule has 2 aromatic rings. The maximum atomic E-state index is 13.0. The van der Waals surface area contributed by atoms with Gasteiger partial charge in [0.1, 0.15) is 19.3 Å². The molecule has 2 amide bonds. The molecular weight excluding hydrogens is 392 g/mol. The second-order valence-corrected chi connectivity index (χ2v) is 7.71. The molecule has 2 aromatic carbocycles. The number of amides is 2. The third-order valence-corrected chi connectivity index (χ3v) is 5.72. The summed E-state index contributed by atoms with van der Waals surface area (Å²) in [5.41, 5.74) is 1.76. The van der Waals surface area contributed by atoms with Gasteiger partial charge in [0.2, 0.25) is 11.8 Å². The Morgan fingerprint density at radius 1 is 1.21 bits per heavy atom. The average molecular weight is 415 g/mol. The second-order valence-electron chi connectivity index (χ2n) is 7.30. The molecule has 1 N–H and O–H groups in total. The fourth-order valence-electron chi connectivity index (χ4n) is 3.74. The van der Waals surface area contributed by atoms with Gasteiger partial charge >= 0.3 is 0 Å². The van der Waals surface area contributed by atoms with Crippen molar-refractivity contribution in [2.24, 2.45) is 0 Å². The molecule has 2 heterocycles. The topological polar surface area (TPSA) is 67.9 Å². The number of benzene rings is 2. The highest BCUT2D eigenvalue weighted by Gasteiger charge is 2.36. The summed E-state index contributed by atoms with van der Waals surface area (Å²) in [6.07, 6.45) is 0.865. The van der Waals surface area contributed by atoms with E-state index in [0.29, 0.717) is 49.1 Å². The molecule has 7 heteroatoms. The summed E-state index contributed by atoms with van der Waals surface area (Å²) in [7, 11) is 0. The highest BCUT2D eigenvalue weighted by atomic mass is 35.5. The number of rotatable bonds is 5. The molecule has 4 rings (SSSR count). The van der Waals surface area contributed by atoms with Crippen LogP contribution in [-0.2, 0) is 16.1 Å². The van der Waals surface area contributed by atoms with Crippen molar-refractivity contribution in [1.82, 2.24) is 10.2 Å². The third-order valence-electron chi connectivity index (χ3n) is 5.35. The SMILES string of the molecule is C[C@H](NC(=O)[C@H]1CCC(=O)N1Cc1ccccc1Cl)c1ccc2c(c1)OCCO2. The number of nitrogens with zero attached hydrogens (tertiary/aromatic N) is 1. The number of ether oxygens (including phenoxy) is 2. The maximum Gasteiger partial charge on any atom is 0.243 e. The Hall–Kier alpha value is -2.73. The van der Waals surface area contributed by atoms with Crippen LogP contribution >= 0.6 is 11.6 Å². The Bertz CT molecular complexity index is 933. The highest BCUT2D eigenvalue weighted by molar-refractivity contribution is 6.31. The van der Waals surface area contributed by atoms with E-state index in [4.69, 9.17) is 21.1 Å². The van der Waals surface area contributed by atoms with Gasteiger partial charge in [-0.25, -0.2) is 0 Å². The molecule has 152 valence electrons. The lowest BCUT2D eigenvalue weighted by Crippen LogP contribution is -2.45. The molecule has 0 unspecified atom stereocenters. The number of likely N-dealkylation sites (tertiary alicyclic amines) is 1. The zero-order chi connectivity index (χ0) is 20.4. The first-order valence-electron chi connectivity index (χ1n) is 9.75. The van der Waals surface area contributed by atoms with E-state index in [1.54, 1.807) is 11.0 Å². The fourth-order valence-corrected chi connectivity index (χ4v) is 3.93. The maximum absolute atomic E-state index is 13.0. The minimum Gasteiger partial charge on any atom is -0.486 e. The number of hydrogen-bond donors (Lipinski definition) is 1. The number of carbonyl (C=O) groups is 2. The summed E-state index contributed by atoms with van der Waals surface area (Å²) in [6, 6.07) is 12.3. The Morgan fingerprint density at radius 2 is 1.97 bits per heavy atom. The Morgan fingerprint density at radius 3 is 2.76 bits per heavy atom. The van der Waals surface area contributed by atoms with Gasteiger partial charge in [-0.1, -0.05) is 35.9 Å². The first-order valence-corrected chi connectivity index (χ1v) is 10.1. The summed E-state index contributed by atoms with van der Waals surface area (Å²) in [4.78, 5) is 27.0. The van der Waals surface area contributed by atoms with Crippen LogP contribution in [0.2, 0.25) is 5.02 Å². The minimum atomic E-state index is -0.501. The molecule has 1 saturated heterocycles. The number of hydrogen-bond acceptors (Lipinski definition) is 4. The molecule has 1 fully saturated rings. The van der Waals surface area contributed by atoms with Crippen molar-refractivity contribution in [3.05, 3.63) is 58.6 Å². The molecule has 2 aliphatic rings. The quantitative estimate of drug-likeness (QED) is 0.813. The van der Waals surface area contributed by atoms with Crippen LogP contribution in [0.1, 0.15) is 36.9 Å². The highest BCUT2D eigenvalue weighted by Crippen LogP contribution is 2.33. The molecule has 6 nitrogen and oxygen atoms in total. The van der Waals surface area contributed by atoms with Crippen LogP contribution in [0.5, 0.6) is 11.5 Å². The molecule has 0 radical (unpaired) electrons. The van der Waals surface area contributed by atoms with E-state index in [-0.39, 0.29) is 17.9 Å². The van der Waals surface area contributed by atoms with Crippen molar-refractivity contribution < 1.29 is 19.1 Å². The fraction of sp³-hybridized carbons (Fsp3) is 0.364. The third kappa shape index (κ3) is 4.17. The van der Waals surface area contributed by atoms with Gasteiger partial charge in [0.25, 0.3) is 0 Å². The van der Waals surface area contributed by atoms with Crippen LogP contribution in [0.4, 0.5) is 0 Å². The van der Waals surface area contributed by atoms with Crippen molar-refractivity contribution in [3.63, 3.8) is 0 Å². The second kappa shape index (κ2) is 8.33. The van der Waals surface area contributed by atoms with Gasteiger partial charge in [0.05, 0.1) is 6.04 Å². The van der Waals surface area contributed by atoms with E-state index in [9.17, 15) is 9.59 Å². The molecule has 29 heavy (non-hydrogen) atoms. The number of nitrogens with one attached hydrogen (secondary N) is 1. The summed E-state index contributed by atoms with van der Waals surface area (Å²) in [5.74, 6) is 1.21. The van der Waals surface area contributed by atoms with Crippen molar-refractivity contribution in [2.75, 3.05) is 13.2 Å². The largest absolute Gasteiger partial charge is 0.486 e. The van der Waals surface area contributed by atoms with Crippen molar-refractivity contribution in [1.29, 1.82) is 0 Å². The van der Waals surface area contributed by atoms with Crippen LogP contribution in [0.25, 0.3) is 0 Å². The lowest BCUT2D eigenvalue weighted by Gasteiger charge is -2.26. The smallest absolute Gasteiger partial charge is 0.243 e. The zero-order valence-electron chi connectivity index (χ0n) is 16.2. The zero-order valence-corrected chi connectivity index (χ0v) is 16.9. The van der Waals surface area contributed by atoms with Gasteiger partial charge in [0.15, 0.2) is 11.5 Å². The van der Waals surface area contributed by atoms with Crippen LogP contribution in [-0.4, -0.2) is 36.0 Å². The lowest BCUT2D eigenvalue weighted by molar-refractivity contribution is -0.136. The number of carbonyl (C=O) groups excluding carboxylic acids is 2. The molecule has 0 spiro atoms. The first-order chi connectivity index (χ1) is 14.0. The molecular formula is C22H23ClN2O4. The average Bonchev–Trinajstić information content (AvgIpc) is 3.09. The molecule has 0 aromatic heterocycles. The van der Waals surface area contributed by atoms with Gasteiger partial charge in [-0.05, 0) is 42.7 Å². The van der Waals surface area contributed by atoms with Crippen LogP contribution in [0.15, 0.2) is 42.5 Å². The summed E-state index contributed by atoms with van der Waals surface area (Å²) >= 11 is 6.24. The van der Waals surface area contributed by atoms with E-state index < -0.39 is 6.04 Å². The summed E-state index contributed by atoms with van der Waals surface area (Å²) in [6.45, 7) is 3.29. The first kappa shape index (κ1) is 19.6. The van der Waals surface area contributed by atoms with E-state index in [0.717, 1.165) is 11.1 Å². The van der Waals surface area contributed by atoms with Crippen molar-refractivity contribution in [2.45, 2.75) is 38.4 Å². The number of fused-ring (bicyclic) bond motifs is 1. The number of halogens is 1. The Labute approximate surface area is 174 Å².